The van der Waals surface area contributed by atoms with Gasteiger partial charge in [-0.2, -0.15) is 0 Å². The summed E-state index contributed by atoms with van der Waals surface area (Å²) in [5, 5.41) is 0.844. The molecule has 1 heterocycles. The molecule has 0 atom stereocenters. The molecule has 3 heteroatoms. The van der Waals surface area contributed by atoms with Crippen LogP contribution in [0, 0.1) is 6.20 Å². The van der Waals surface area contributed by atoms with Crippen molar-refractivity contribution in [3.63, 3.8) is 0 Å². The van der Waals surface area contributed by atoms with Crippen LogP contribution >= 0.6 is 11.8 Å². The molecular formula is C11H9N2S. The van der Waals surface area contributed by atoms with E-state index in [1.165, 1.54) is 5.56 Å². The molecule has 0 amide bonds. The highest BCUT2D eigenvalue weighted by atomic mass is 32.2. The van der Waals surface area contributed by atoms with E-state index in [1.54, 1.807) is 24.2 Å². The van der Waals surface area contributed by atoms with E-state index >= 15 is 0 Å². The lowest BCUT2D eigenvalue weighted by Crippen LogP contribution is -1.83. The molecule has 0 aliphatic heterocycles. The number of rotatable bonds is 3. The van der Waals surface area contributed by atoms with Crippen molar-refractivity contribution in [2.75, 3.05) is 0 Å². The maximum Gasteiger partial charge on any atom is 0.124 e. The van der Waals surface area contributed by atoms with E-state index in [1.807, 2.05) is 18.2 Å². The Kier molecular flexibility index (Phi) is 3.14. The Labute approximate surface area is 87.4 Å². The van der Waals surface area contributed by atoms with Gasteiger partial charge in [0.25, 0.3) is 0 Å². The third kappa shape index (κ3) is 2.57. The van der Waals surface area contributed by atoms with Gasteiger partial charge in [-0.25, -0.2) is 4.98 Å². The van der Waals surface area contributed by atoms with Crippen LogP contribution in [0.3, 0.4) is 0 Å². The summed E-state index contributed by atoms with van der Waals surface area (Å²) < 4.78 is 0. The van der Waals surface area contributed by atoms with Gasteiger partial charge < -0.3 is 0 Å². The number of hydrogen-bond donors (Lipinski definition) is 0. The molecule has 0 unspecified atom stereocenters. The van der Waals surface area contributed by atoms with Crippen molar-refractivity contribution in [1.82, 2.24) is 9.97 Å². The summed E-state index contributed by atoms with van der Waals surface area (Å²) in [6, 6.07) is 10.3. The molecule has 0 bridgehead atoms. The molecule has 0 saturated carbocycles. The number of nitrogens with zero attached hydrogens (tertiary/aromatic N) is 2. The van der Waals surface area contributed by atoms with Gasteiger partial charge in [-0.05, 0) is 5.56 Å². The van der Waals surface area contributed by atoms with Crippen LogP contribution < -0.4 is 0 Å². The Morgan fingerprint density at radius 1 is 1.14 bits per heavy atom. The fraction of sp³-hybridized carbons (Fsp3) is 0.0909. The Morgan fingerprint density at radius 3 is 2.71 bits per heavy atom. The summed E-state index contributed by atoms with van der Waals surface area (Å²) in [6.07, 6.45) is 6.16. The fourth-order valence-corrected chi connectivity index (χ4v) is 1.80. The van der Waals surface area contributed by atoms with Crippen LogP contribution in [0.25, 0.3) is 0 Å². The monoisotopic (exact) mass is 201 g/mol. The molecule has 0 spiro atoms. The summed E-state index contributed by atoms with van der Waals surface area (Å²) >= 11 is 1.64. The topological polar surface area (TPSA) is 25.8 Å². The first-order valence-corrected chi connectivity index (χ1v) is 5.29. The van der Waals surface area contributed by atoms with Crippen molar-refractivity contribution in [1.29, 1.82) is 0 Å². The van der Waals surface area contributed by atoms with Gasteiger partial charge in [-0.3, -0.25) is 4.98 Å². The maximum absolute atomic E-state index is 4.14. The summed E-state index contributed by atoms with van der Waals surface area (Å²) in [4.78, 5) is 8.03. The largest absolute Gasteiger partial charge is 0.250 e. The van der Waals surface area contributed by atoms with Crippen molar-refractivity contribution < 1.29 is 0 Å². The highest BCUT2D eigenvalue weighted by Gasteiger charge is 1.96. The first-order chi connectivity index (χ1) is 6.95. The van der Waals surface area contributed by atoms with E-state index in [9.17, 15) is 0 Å². The predicted octanol–water partition coefficient (Wildman–Crippen LogP) is 2.57. The van der Waals surface area contributed by atoms with Crippen molar-refractivity contribution in [3.05, 3.63) is 54.5 Å². The highest BCUT2D eigenvalue weighted by molar-refractivity contribution is 7.98. The van der Waals surface area contributed by atoms with Gasteiger partial charge in [0, 0.05) is 18.1 Å². The number of benzene rings is 1. The molecule has 2 nitrogen and oxygen atoms in total. The second-order valence-corrected chi connectivity index (χ2v) is 3.71. The zero-order valence-corrected chi connectivity index (χ0v) is 8.37. The van der Waals surface area contributed by atoms with Crippen LogP contribution in [0.15, 0.2) is 47.8 Å². The molecule has 69 valence electrons. The molecule has 0 aliphatic rings. The fourth-order valence-electron chi connectivity index (χ4n) is 1.05. The van der Waals surface area contributed by atoms with Gasteiger partial charge in [0.05, 0.1) is 0 Å². The van der Waals surface area contributed by atoms with E-state index in [0.29, 0.717) is 0 Å². The van der Waals surface area contributed by atoms with Crippen LogP contribution in [0.1, 0.15) is 5.56 Å². The third-order valence-corrected chi connectivity index (χ3v) is 2.66. The molecule has 1 aromatic carbocycles. The van der Waals surface area contributed by atoms with Gasteiger partial charge in [-0.1, -0.05) is 42.1 Å². The number of thioether (sulfide) groups is 1. The summed E-state index contributed by atoms with van der Waals surface area (Å²) in [7, 11) is 0. The van der Waals surface area contributed by atoms with E-state index in [-0.39, 0.29) is 0 Å². The molecule has 0 fully saturated rings. The zero-order chi connectivity index (χ0) is 9.64. The van der Waals surface area contributed by atoms with E-state index in [4.69, 9.17) is 0 Å². The summed E-state index contributed by atoms with van der Waals surface area (Å²) in [5.41, 5.74) is 1.29. The van der Waals surface area contributed by atoms with E-state index < -0.39 is 0 Å². The van der Waals surface area contributed by atoms with Gasteiger partial charge >= 0.3 is 0 Å². The average Bonchev–Trinajstić information content (AvgIpc) is 2.29. The maximum atomic E-state index is 4.14. The summed E-state index contributed by atoms with van der Waals surface area (Å²) in [5.74, 6) is 0.913. The molecule has 0 aliphatic carbocycles. The average molecular weight is 201 g/mol. The van der Waals surface area contributed by atoms with E-state index in [2.05, 4.69) is 28.3 Å². The molecule has 2 rings (SSSR count). The Morgan fingerprint density at radius 2 is 2.00 bits per heavy atom. The smallest absolute Gasteiger partial charge is 0.124 e. The molecule has 0 N–H and O–H groups in total. The quantitative estimate of drug-likeness (QED) is 0.714. The predicted molar refractivity (Wildman–Crippen MR) is 56.9 cm³/mol. The Bertz CT molecular complexity index is 336. The van der Waals surface area contributed by atoms with Crippen molar-refractivity contribution in [2.45, 2.75) is 10.8 Å². The minimum Gasteiger partial charge on any atom is -0.250 e. The minimum absolute atomic E-state index is 0.844. The molecule has 2 aromatic rings. The standard InChI is InChI=1S/C11H9N2S/c1-2-4-10(5-3-1)9-14-11-8-12-6-7-13-11/h1-7H,9H2. The first-order valence-electron chi connectivity index (χ1n) is 4.30. The third-order valence-electron chi connectivity index (χ3n) is 1.71. The second kappa shape index (κ2) is 4.77. The lowest BCUT2D eigenvalue weighted by molar-refractivity contribution is 1.04. The van der Waals surface area contributed by atoms with Crippen LogP contribution in [0.2, 0.25) is 0 Å². The van der Waals surface area contributed by atoms with Crippen molar-refractivity contribution >= 4 is 11.8 Å². The lowest BCUT2D eigenvalue weighted by Gasteiger charge is -1.98. The molecule has 0 saturated heterocycles. The zero-order valence-electron chi connectivity index (χ0n) is 7.55. The van der Waals surface area contributed by atoms with E-state index in [0.717, 1.165) is 10.8 Å². The highest BCUT2D eigenvalue weighted by Crippen LogP contribution is 2.18. The van der Waals surface area contributed by atoms with Crippen LogP contribution in [-0.2, 0) is 5.75 Å². The molecular weight excluding hydrogens is 192 g/mol. The van der Waals surface area contributed by atoms with Crippen LogP contribution in [-0.4, -0.2) is 9.97 Å². The van der Waals surface area contributed by atoms with Gasteiger partial charge in [0.1, 0.15) is 11.2 Å². The van der Waals surface area contributed by atoms with Crippen molar-refractivity contribution in [3.8, 4) is 0 Å². The number of aromatic nitrogens is 2. The lowest BCUT2D eigenvalue weighted by atomic mass is 10.2. The molecule has 1 radical (unpaired) electrons. The number of hydrogen-bond acceptors (Lipinski definition) is 3. The van der Waals surface area contributed by atoms with Crippen LogP contribution in [0.5, 0.6) is 0 Å². The second-order valence-electron chi connectivity index (χ2n) is 2.75. The normalized spacial score (nSPS) is 10.0. The summed E-state index contributed by atoms with van der Waals surface area (Å²) in [6.45, 7) is 0. The van der Waals surface area contributed by atoms with Crippen molar-refractivity contribution in [2.24, 2.45) is 0 Å². The van der Waals surface area contributed by atoms with Crippen LogP contribution in [0.4, 0.5) is 0 Å². The first kappa shape index (κ1) is 9.21. The SMILES string of the molecule is [c]1nccnc1SCc1ccccc1. The Hall–Kier alpha value is -1.35. The van der Waals surface area contributed by atoms with Gasteiger partial charge in [-0.15, -0.1) is 0 Å². The molecule has 1 aromatic heterocycles. The van der Waals surface area contributed by atoms with Gasteiger partial charge in [0.15, 0.2) is 0 Å². The Balaban J connectivity index is 1.96. The minimum atomic E-state index is 0.844. The molecule has 14 heavy (non-hydrogen) atoms. The van der Waals surface area contributed by atoms with Gasteiger partial charge in [0.2, 0.25) is 0 Å².